The maximum Gasteiger partial charge on any atom is 0.227 e. The van der Waals surface area contributed by atoms with E-state index in [4.69, 9.17) is 4.74 Å². The highest BCUT2D eigenvalue weighted by Gasteiger charge is 2.30. The summed E-state index contributed by atoms with van der Waals surface area (Å²) in [4.78, 5) is 13.6. The molecule has 2 fully saturated rings. The minimum absolute atomic E-state index is 0.158. The van der Waals surface area contributed by atoms with E-state index in [0.717, 1.165) is 24.2 Å². The number of carbonyl (C=O) groups excluding carboxylic acids is 1. The van der Waals surface area contributed by atoms with Gasteiger partial charge in [-0.1, -0.05) is 12.1 Å². The minimum Gasteiger partial charge on any atom is -0.388 e. The molecular weight excluding hydrogens is 292 g/mol. The lowest BCUT2D eigenvalue weighted by molar-refractivity contribution is -0.117. The number of benzene rings is 1. The van der Waals surface area contributed by atoms with Crippen LogP contribution in [0.3, 0.4) is 0 Å². The molecule has 1 atom stereocenters. The van der Waals surface area contributed by atoms with Crippen LogP contribution in [0.4, 0.5) is 5.69 Å². The molecule has 0 bridgehead atoms. The first-order valence-corrected chi connectivity index (χ1v) is 8.51. The van der Waals surface area contributed by atoms with Crippen molar-refractivity contribution in [2.75, 3.05) is 31.2 Å². The third-order valence-corrected chi connectivity index (χ3v) is 4.94. The van der Waals surface area contributed by atoms with Crippen molar-refractivity contribution in [3.8, 4) is 0 Å². The van der Waals surface area contributed by atoms with Gasteiger partial charge < -0.3 is 20.1 Å². The molecule has 2 aliphatic rings. The molecule has 1 amide bonds. The lowest BCUT2D eigenvalue weighted by atomic mass is 9.94. The molecule has 1 aromatic carbocycles. The Morgan fingerprint density at radius 1 is 1.30 bits per heavy atom. The zero-order chi connectivity index (χ0) is 16.3. The number of anilines is 1. The van der Waals surface area contributed by atoms with Gasteiger partial charge in [0.15, 0.2) is 0 Å². The summed E-state index contributed by atoms with van der Waals surface area (Å²) in [5, 5.41) is 13.9. The molecule has 2 saturated heterocycles. The van der Waals surface area contributed by atoms with Crippen LogP contribution in [0.25, 0.3) is 0 Å². The Balaban J connectivity index is 1.57. The van der Waals surface area contributed by atoms with Gasteiger partial charge in [-0.25, -0.2) is 0 Å². The van der Waals surface area contributed by atoms with Gasteiger partial charge in [0.2, 0.25) is 5.91 Å². The molecule has 2 heterocycles. The Bertz CT molecular complexity index is 538. The molecule has 23 heavy (non-hydrogen) atoms. The second kappa shape index (κ2) is 6.99. The number of aliphatic hydroxyl groups is 1. The number of hydrogen-bond donors (Lipinski definition) is 2. The van der Waals surface area contributed by atoms with E-state index in [0.29, 0.717) is 39.0 Å². The van der Waals surface area contributed by atoms with Crippen LogP contribution in [0, 0.1) is 0 Å². The normalized spacial score (nSPS) is 22.3. The van der Waals surface area contributed by atoms with Crippen molar-refractivity contribution >= 4 is 11.6 Å². The maximum absolute atomic E-state index is 11.8. The largest absolute Gasteiger partial charge is 0.388 e. The Hall–Kier alpha value is -1.43. The van der Waals surface area contributed by atoms with Crippen molar-refractivity contribution in [3.63, 3.8) is 0 Å². The van der Waals surface area contributed by atoms with E-state index in [1.165, 1.54) is 0 Å². The summed E-state index contributed by atoms with van der Waals surface area (Å²) < 4.78 is 5.31. The van der Waals surface area contributed by atoms with E-state index in [9.17, 15) is 9.90 Å². The standard InChI is InChI=1S/C18H26N2O3/c1-14(19-13-18(22)8-11-23-12-9-18)15-4-6-16(7-5-15)20-10-2-3-17(20)21/h4-7,14,19,22H,2-3,8-13H2,1H3. The molecule has 5 nitrogen and oxygen atoms in total. The Morgan fingerprint density at radius 3 is 2.61 bits per heavy atom. The van der Waals surface area contributed by atoms with Gasteiger partial charge in [-0.3, -0.25) is 4.79 Å². The number of nitrogens with one attached hydrogen (secondary N) is 1. The van der Waals surface area contributed by atoms with Gasteiger partial charge in [-0.2, -0.15) is 0 Å². The number of nitrogens with zero attached hydrogens (tertiary/aromatic N) is 1. The molecule has 1 aromatic rings. The van der Waals surface area contributed by atoms with E-state index in [2.05, 4.69) is 24.4 Å². The minimum atomic E-state index is -0.658. The zero-order valence-corrected chi connectivity index (χ0v) is 13.8. The number of carbonyl (C=O) groups is 1. The van der Waals surface area contributed by atoms with Crippen molar-refractivity contribution in [2.45, 2.75) is 44.2 Å². The van der Waals surface area contributed by atoms with Crippen LogP contribution >= 0.6 is 0 Å². The summed E-state index contributed by atoms with van der Waals surface area (Å²) in [6.07, 6.45) is 2.97. The van der Waals surface area contributed by atoms with Crippen molar-refractivity contribution < 1.29 is 14.6 Å². The molecule has 2 N–H and O–H groups in total. The third-order valence-electron chi connectivity index (χ3n) is 4.94. The smallest absolute Gasteiger partial charge is 0.227 e. The summed E-state index contributed by atoms with van der Waals surface area (Å²) >= 11 is 0. The second-order valence-electron chi connectivity index (χ2n) is 6.68. The number of rotatable bonds is 5. The molecular formula is C18H26N2O3. The Kier molecular flexibility index (Phi) is 4.99. The quantitative estimate of drug-likeness (QED) is 0.872. The third kappa shape index (κ3) is 3.91. The summed E-state index contributed by atoms with van der Waals surface area (Å²) in [7, 11) is 0. The monoisotopic (exact) mass is 318 g/mol. The van der Waals surface area contributed by atoms with Gasteiger partial charge in [0.1, 0.15) is 0 Å². The zero-order valence-electron chi connectivity index (χ0n) is 13.8. The van der Waals surface area contributed by atoms with Crippen LogP contribution in [0.2, 0.25) is 0 Å². The molecule has 3 rings (SSSR count). The lowest BCUT2D eigenvalue weighted by Crippen LogP contribution is -2.45. The molecule has 126 valence electrons. The summed E-state index contributed by atoms with van der Waals surface area (Å²) in [5.74, 6) is 0.214. The number of amides is 1. The van der Waals surface area contributed by atoms with Crippen molar-refractivity contribution in [2.24, 2.45) is 0 Å². The molecule has 0 aliphatic carbocycles. The van der Waals surface area contributed by atoms with Crippen LogP contribution in [-0.4, -0.2) is 42.9 Å². The average molecular weight is 318 g/mol. The van der Waals surface area contributed by atoms with Crippen LogP contribution in [-0.2, 0) is 9.53 Å². The first-order chi connectivity index (χ1) is 11.1. The maximum atomic E-state index is 11.8. The van der Waals surface area contributed by atoms with Gasteiger partial charge in [-0.15, -0.1) is 0 Å². The van der Waals surface area contributed by atoms with E-state index in [1.807, 2.05) is 17.0 Å². The SMILES string of the molecule is CC(NCC1(O)CCOCC1)c1ccc(N2CCCC2=O)cc1. The summed E-state index contributed by atoms with van der Waals surface area (Å²) in [6.45, 7) is 4.75. The van der Waals surface area contributed by atoms with Crippen molar-refractivity contribution in [1.29, 1.82) is 0 Å². The van der Waals surface area contributed by atoms with E-state index < -0.39 is 5.60 Å². The topological polar surface area (TPSA) is 61.8 Å². The lowest BCUT2D eigenvalue weighted by Gasteiger charge is -2.33. The van der Waals surface area contributed by atoms with E-state index in [-0.39, 0.29) is 11.9 Å². The van der Waals surface area contributed by atoms with Gasteiger partial charge >= 0.3 is 0 Å². The highest BCUT2D eigenvalue weighted by atomic mass is 16.5. The first-order valence-electron chi connectivity index (χ1n) is 8.51. The molecule has 0 aromatic heterocycles. The highest BCUT2D eigenvalue weighted by molar-refractivity contribution is 5.95. The molecule has 5 heteroatoms. The van der Waals surface area contributed by atoms with Gasteiger partial charge in [-0.05, 0) is 31.0 Å². The van der Waals surface area contributed by atoms with Crippen molar-refractivity contribution in [3.05, 3.63) is 29.8 Å². The van der Waals surface area contributed by atoms with Gasteiger partial charge in [0.05, 0.1) is 5.60 Å². The fourth-order valence-electron chi connectivity index (χ4n) is 3.25. The Morgan fingerprint density at radius 2 is 2.00 bits per heavy atom. The molecule has 0 spiro atoms. The van der Waals surface area contributed by atoms with Crippen LogP contribution in [0.15, 0.2) is 24.3 Å². The summed E-state index contributed by atoms with van der Waals surface area (Å²) in [6, 6.07) is 8.31. The van der Waals surface area contributed by atoms with Gasteiger partial charge in [0.25, 0.3) is 0 Å². The van der Waals surface area contributed by atoms with Crippen molar-refractivity contribution in [1.82, 2.24) is 5.32 Å². The average Bonchev–Trinajstić information content (AvgIpc) is 3.00. The molecule has 0 radical (unpaired) electrons. The molecule has 1 unspecified atom stereocenters. The Labute approximate surface area is 137 Å². The van der Waals surface area contributed by atoms with Crippen LogP contribution in [0.1, 0.15) is 44.2 Å². The van der Waals surface area contributed by atoms with Gasteiger partial charge in [0, 0.05) is 57.3 Å². The summed E-state index contributed by atoms with van der Waals surface area (Å²) in [5.41, 5.74) is 1.48. The van der Waals surface area contributed by atoms with E-state index >= 15 is 0 Å². The van der Waals surface area contributed by atoms with E-state index in [1.54, 1.807) is 0 Å². The first kappa shape index (κ1) is 16.4. The molecule has 2 aliphatic heterocycles. The van der Waals surface area contributed by atoms with Crippen LogP contribution in [0.5, 0.6) is 0 Å². The predicted octanol–water partition coefficient (Wildman–Crippen LogP) is 2.01. The fourth-order valence-corrected chi connectivity index (χ4v) is 3.25. The number of ether oxygens (including phenoxy) is 1. The van der Waals surface area contributed by atoms with Crippen LogP contribution < -0.4 is 10.2 Å². The second-order valence-corrected chi connectivity index (χ2v) is 6.68. The molecule has 0 saturated carbocycles. The predicted molar refractivity (Wildman–Crippen MR) is 89.4 cm³/mol. The highest BCUT2D eigenvalue weighted by Crippen LogP contribution is 2.25. The fraction of sp³-hybridized carbons (Fsp3) is 0.611. The number of hydrogen-bond acceptors (Lipinski definition) is 4.